The van der Waals surface area contributed by atoms with Crippen molar-refractivity contribution in [2.75, 3.05) is 6.54 Å². The van der Waals surface area contributed by atoms with Crippen molar-refractivity contribution in [3.8, 4) is 0 Å². The summed E-state index contributed by atoms with van der Waals surface area (Å²) in [6.07, 6.45) is 7.28. The van der Waals surface area contributed by atoms with Gasteiger partial charge in [-0.25, -0.2) is 0 Å². The molecule has 21 heavy (non-hydrogen) atoms. The maximum Gasteiger partial charge on any atom is 0.0588 e. The number of nitrogens with zero attached hydrogens (tertiary/aromatic N) is 3. The third-order valence-corrected chi connectivity index (χ3v) is 3.74. The minimum absolute atomic E-state index is 0.896. The molecule has 0 unspecified atom stereocenters. The average molecular weight is 282 g/mol. The molecule has 0 saturated carbocycles. The molecule has 0 saturated heterocycles. The number of hydrogen-bond donors (Lipinski definition) is 1. The molecular formula is C17H22N4. The molecule has 2 aromatic heterocycles. The van der Waals surface area contributed by atoms with Gasteiger partial charge in [0.15, 0.2) is 0 Å². The van der Waals surface area contributed by atoms with E-state index in [2.05, 4.69) is 52.4 Å². The van der Waals surface area contributed by atoms with E-state index >= 15 is 0 Å². The van der Waals surface area contributed by atoms with Gasteiger partial charge in [-0.15, -0.1) is 0 Å². The van der Waals surface area contributed by atoms with Gasteiger partial charge in [0.2, 0.25) is 0 Å². The number of nitrogens with one attached hydrogen (secondary N) is 1. The van der Waals surface area contributed by atoms with Gasteiger partial charge < -0.3 is 9.88 Å². The maximum atomic E-state index is 4.27. The van der Waals surface area contributed by atoms with E-state index < -0.39 is 0 Å². The van der Waals surface area contributed by atoms with Gasteiger partial charge in [0.25, 0.3) is 0 Å². The zero-order valence-electron chi connectivity index (χ0n) is 12.5. The standard InChI is InChI=1S/C17H22N4/c1-2-8-18-13-15-14-20(11-12-21-10-5-9-19-21)17-7-4-3-6-16(15)17/h3-7,9-10,14,18H,2,8,11-13H2,1H3. The van der Waals surface area contributed by atoms with Crippen molar-refractivity contribution >= 4 is 10.9 Å². The first-order valence-electron chi connectivity index (χ1n) is 7.63. The summed E-state index contributed by atoms with van der Waals surface area (Å²) in [4.78, 5) is 0. The van der Waals surface area contributed by atoms with Crippen LogP contribution in [0.1, 0.15) is 18.9 Å². The van der Waals surface area contributed by atoms with E-state index in [0.717, 1.165) is 32.6 Å². The highest BCUT2D eigenvalue weighted by Crippen LogP contribution is 2.21. The molecule has 1 aromatic carbocycles. The summed E-state index contributed by atoms with van der Waals surface area (Å²) >= 11 is 0. The molecule has 0 radical (unpaired) electrons. The number of para-hydroxylation sites is 1. The number of benzene rings is 1. The largest absolute Gasteiger partial charge is 0.345 e. The zero-order chi connectivity index (χ0) is 14.5. The molecule has 4 heteroatoms. The van der Waals surface area contributed by atoms with Crippen LogP contribution in [-0.2, 0) is 19.6 Å². The highest BCUT2D eigenvalue weighted by atomic mass is 15.3. The van der Waals surface area contributed by atoms with Crippen LogP contribution in [-0.4, -0.2) is 20.9 Å². The van der Waals surface area contributed by atoms with Crippen LogP contribution in [0.25, 0.3) is 10.9 Å². The Morgan fingerprint density at radius 1 is 1.14 bits per heavy atom. The Morgan fingerprint density at radius 2 is 2.05 bits per heavy atom. The van der Waals surface area contributed by atoms with Crippen molar-refractivity contribution in [3.63, 3.8) is 0 Å². The monoisotopic (exact) mass is 282 g/mol. The number of fused-ring (bicyclic) bond motifs is 1. The number of aryl methyl sites for hydroxylation is 2. The van der Waals surface area contributed by atoms with Crippen LogP contribution in [0.2, 0.25) is 0 Å². The van der Waals surface area contributed by atoms with Crippen LogP contribution in [0.15, 0.2) is 48.9 Å². The molecule has 0 aliphatic rings. The normalized spacial score (nSPS) is 11.3. The van der Waals surface area contributed by atoms with Crippen molar-refractivity contribution in [3.05, 3.63) is 54.5 Å². The SMILES string of the molecule is CCCNCc1cn(CCn2cccn2)c2ccccc12. The van der Waals surface area contributed by atoms with Crippen molar-refractivity contribution in [1.82, 2.24) is 19.7 Å². The Balaban J connectivity index is 1.80. The van der Waals surface area contributed by atoms with E-state index in [-0.39, 0.29) is 0 Å². The fourth-order valence-corrected chi connectivity index (χ4v) is 2.69. The summed E-state index contributed by atoms with van der Waals surface area (Å²) in [7, 11) is 0. The minimum atomic E-state index is 0.896. The summed E-state index contributed by atoms with van der Waals surface area (Å²) in [5.74, 6) is 0. The Bertz CT molecular complexity index is 682. The Kier molecular flexibility index (Phi) is 4.36. The summed E-state index contributed by atoms with van der Waals surface area (Å²) in [5.41, 5.74) is 2.68. The van der Waals surface area contributed by atoms with E-state index in [9.17, 15) is 0 Å². The first-order chi connectivity index (χ1) is 10.4. The van der Waals surface area contributed by atoms with Gasteiger partial charge in [0.1, 0.15) is 0 Å². The fraction of sp³-hybridized carbons (Fsp3) is 0.353. The molecule has 0 fully saturated rings. The first-order valence-corrected chi connectivity index (χ1v) is 7.63. The van der Waals surface area contributed by atoms with Gasteiger partial charge in [-0.1, -0.05) is 25.1 Å². The second kappa shape index (κ2) is 6.59. The summed E-state index contributed by atoms with van der Waals surface area (Å²) in [6.45, 7) is 6.03. The minimum Gasteiger partial charge on any atom is -0.345 e. The van der Waals surface area contributed by atoms with Gasteiger partial charge in [0, 0.05) is 42.6 Å². The molecular weight excluding hydrogens is 260 g/mol. The lowest BCUT2D eigenvalue weighted by Gasteiger charge is -2.05. The Hall–Kier alpha value is -2.07. The molecule has 1 N–H and O–H groups in total. The molecule has 0 amide bonds. The average Bonchev–Trinajstić information content (AvgIpc) is 3.14. The van der Waals surface area contributed by atoms with E-state index in [1.54, 1.807) is 0 Å². The first kappa shape index (κ1) is 13.9. The van der Waals surface area contributed by atoms with Crippen molar-refractivity contribution in [2.45, 2.75) is 33.0 Å². The lowest BCUT2D eigenvalue weighted by molar-refractivity contribution is 0.541. The second-order valence-electron chi connectivity index (χ2n) is 5.31. The third kappa shape index (κ3) is 3.16. The van der Waals surface area contributed by atoms with E-state index in [4.69, 9.17) is 0 Å². The Morgan fingerprint density at radius 3 is 2.86 bits per heavy atom. The van der Waals surface area contributed by atoms with Gasteiger partial charge >= 0.3 is 0 Å². The van der Waals surface area contributed by atoms with Crippen molar-refractivity contribution < 1.29 is 0 Å². The maximum absolute atomic E-state index is 4.27. The summed E-state index contributed by atoms with van der Waals surface area (Å²) in [6, 6.07) is 10.6. The molecule has 2 heterocycles. The van der Waals surface area contributed by atoms with Gasteiger partial charge in [0.05, 0.1) is 6.54 Å². The summed E-state index contributed by atoms with van der Waals surface area (Å²) in [5, 5.41) is 9.11. The molecule has 4 nitrogen and oxygen atoms in total. The number of aromatic nitrogens is 3. The molecule has 3 rings (SSSR count). The molecule has 3 aromatic rings. The van der Waals surface area contributed by atoms with Crippen LogP contribution in [0, 0.1) is 0 Å². The lowest BCUT2D eigenvalue weighted by atomic mass is 10.2. The van der Waals surface area contributed by atoms with Gasteiger partial charge in [-0.3, -0.25) is 4.68 Å². The molecule has 110 valence electrons. The van der Waals surface area contributed by atoms with Crippen LogP contribution in [0.4, 0.5) is 0 Å². The highest BCUT2D eigenvalue weighted by Gasteiger charge is 2.07. The number of hydrogen-bond acceptors (Lipinski definition) is 2. The predicted octanol–water partition coefficient (Wildman–Crippen LogP) is 3.04. The highest BCUT2D eigenvalue weighted by molar-refractivity contribution is 5.83. The molecule has 0 aliphatic carbocycles. The van der Waals surface area contributed by atoms with Crippen LogP contribution >= 0.6 is 0 Å². The van der Waals surface area contributed by atoms with Crippen LogP contribution in [0.3, 0.4) is 0 Å². The zero-order valence-corrected chi connectivity index (χ0v) is 12.5. The molecule has 0 spiro atoms. The summed E-state index contributed by atoms with van der Waals surface area (Å²) < 4.78 is 4.31. The topological polar surface area (TPSA) is 34.8 Å². The van der Waals surface area contributed by atoms with E-state index in [1.165, 1.54) is 16.5 Å². The van der Waals surface area contributed by atoms with E-state index in [0.29, 0.717) is 0 Å². The smallest absolute Gasteiger partial charge is 0.0588 e. The molecule has 0 atom stereocenters. The second-order valence-corrected chi connectivity index (χ2v) is 5.31. The predicted molar refractivity (Wildman–Crippen MR) is 86.2 cm³/mol. The lowest BCUT2D eigenvalue weighted by Crippen LogP contribution is -2.13. The van der Waals surface area contributed by atoms with Gasteiger partial charge in [-0.2, -0.15) is 5.10 Å². The van der Waals surface area contributed by atoms with Crippen molar-refractivity contribution in [2.24, 2.45) is 0 Å². The van der Waals surface area contributed by atoms with Crippen molar-refractivity contribution in [1.29, 1.82) is 0 Å². The Labute approximate surface area is 125 Å². The van der Waals surface area contributed by atoms with E-state index in [1.807, 2.05) is 23.1 Å². The van der Waals surface area contributed by atoms with Crippen LogP contribution in [0.5, 0.6) is 0 Å². The third-order valence-electron chi connectivity index (χ3n) is 3.74. The molecule has 0 aliphatic heterocycles. The molecule has 0 bridgehead atoms. The quantitative estimate of drug-likeness (QED) is 0.676. The van der Waals surface area contributed by atoms with Gasteiger partial charge in [-0.05, 0) is 30.7 Å². The fourth-order valence-electron chi connectivity index (χ4n) is 2.69. The number of rotatable bonds is 7. The van der Waals surface area contributed by atoms with Crippen LogP contribution < -0.4 is 5.32 Å².